The second-order valence-corrected chi connectivity index (χ2v) is 13.9. The van der Waals surface area contributed by atoms with Crippen molar-refractivity contribution in [1.82, 2.24) is 39.7 Å². The summed E-state index contributed by atoms with van der Waals surface area (Å²) in [6.07, 6.45) is -0.774. The summed E-state index contributed by atoms with van der Waals surface area (Å²) in [5.41, 5.74) is -1.31. The van der Waals surface area contributed by atoms with Crippen molar-refractivity contribution in [3.8, 4) is 0 Å². The number of aromatic amines is 1. The van der Waals surface area contributed by atoms with Gasteiger partial charge in [0.25, 0.3) is 11.8 Å². The monoisotopic (exact) mass is 734 g/mol. The van der Waals surface area contributed by atoms with Crippen LogP contribution in [0.3, 0.4) is 0 Å². The molecule has 11 nitrogen and oxygen atoms in total. The molecule has 2 saturated heterocycles. The largest absolute Gasteiger partial charge is 0.419 e. The molecule has 50 heavy (non-hydrogen) atoms. The first-order valence-corrected chi connectivity index (χ1v) is 16.2. The van der Waals surface area contributed by atoms with Gasteiger partial charge in [0.15, 0.2) is 0 Å². The van der Waals surface area contributed by atoms with E-state index in [9.17, 15) is 22.8 Å². The highest BCUT2D eigenvalue weighted by Gasteiger charge is 2.71. The van der Waals surface area contributed by atoms with E-state index >= 15 is 8.78 Å². The number of carbonyl (C=O) groups is 2. The summed E-state index contributed by atoms with van der Waals surface area (Å²) in [4.78, 5) is 36.8. The molecular formula is C32H25Cl2F5N8O3. The lowest BCUT2D eigenvalue weighted by Gasteiger charge is -2.51. The fourth-order valence-corrected chi connectivity index (χ4v) is 7.37. The van der Waals surface area contributed by atoms with Crippen LogP contribution in [0.15, 0.2) is 59.5 Å². The summed E-state index contributed by atoms with van der Waals surface area (Å²) < 4.78 is 79.6. The molecule has 3 fully saturated rings. The smallest absolute Gasteiger partial charge is 0.403 e. The van der Waals surface area contributed by atoms with E-state index in [-0.39, 0.29) is 60.5 Å². The molecule has 2 aliphatic heterocycles. The van der Waals surface area contributed by atoms with E-state index in [1.807, 2.05) is 18.2 Å². The lowest BCUT2D eigenvalue weighted by molar-refractivity contribution is -0.204. The SMILES string of the molecule is O=C(c1cnn(Cc2cccc3[nH]cnc23)c1)N1CC(c2nnc(C(F)(F)c3ccc(Cl)c(Cl)c3)o2)C2(C1)CN(C(=O)C1(C(F)(F)F)CC1)C2. The van der Waals surface area contributed by atoms with Crippen molar-refractivity contribution >= 4 is 46.0 Å². The molecule has 8 rings (SSSR count). The van der Waals surface area contributed by atoms with E-state index in [0.29, 0.717) is 6.54 Å². The van der Waals surface area contributed by atoms with Crippen LogP contribution in [0.5, 0.6) is 0 Å². The summed E-state index contributed by atoms with van der Waals surface area (Å²) in [5, 5.41) is 11.8. The molecule has 1 atom stereocenters. The third-order valence-electron chi connectivity index (χ3n) is 9.97. The molecule has 1 spiro atoms. The molecule has 3 aromatic heterocycles. The molecule has 260 valence electrons. The zero-order valence-corrected chi connectivity index (χ0v) is 27.2. The minimum Gasteiger partial charge on any atom is -0.419 e. The second kappa shape index (κ2) is 11.2. The van der Waals surface area contributed by atoms with Gasteiger partial charge in [-0.25, -0.2) is 4.98 Å². The number of imidazole rings is 1. The maximum absolute atomic E-state index is 15.5. The van der Waals surface area contributed by atoms with Crippen LogP contribution in [-0.4, -0.2) is 83.9 Å². The zero-order valence-electron chi connectivity index (χ0n) is 25.7. The maximum Gasteiger partial charge on any atom is 0.403 e. The lowest BCUT2D eigenvalue weighted by Crippen LogP contribution is -2.64. The fraction of sp³-hybridized carbons (Fsp3) is 0.375. The Morgan fingerprint density at radius 3 is 2.48 bits per heavy atom. The first-order chi connectivity index (χ1) is 23.7. The number of aromatic nitrogens is 6. The molecule has 2 aromatic carbocycles. The van der Waals surface area contributed by atoms with E-state index in [4.69, 9.17) is 27.6 Å². The molecule has 2 amide bonds. The normalized spacial score (nSPS) is 19.7. The first-order valence-electron chi connectivity index (χ1n) is 15.5. The minimum atomic E-state index is -4.70. The van der Waals surface area contributed by atoms with Crippen molar-refractivity contribution in [1.29, 1.82) is 0 Å². The molecule has 1 unspecified atom stereocenters. The second-order valence-electron chi connectivity index (χ2n) is 13.1. The number of halogens is 7. The van der Waals surface area contributed by atoms with Gasteiger partial charge >= 0.3 is 12.1 Å². The van der Waals surface area contributed by atoms with Gasteiger partial charge in [0, 0.05) is 48.9 Å². The van der Waals surface area contributed by atoms with Gasteiger partial charge in [-0.05, 0) is 31.0 Å². The number of hydrogen-bond acceptors (Lipinski definition) is 7. The predicted molar refractivity (Wildman–Crippen MR) is 167 cm³/mol. The van der Waals surface area contributed by atoms with Crippen LogP contribution in [-0.2, 0) is 17.3 Å². The topological polar surface area (TPSA) is 126 Å². The van der Waals surface area contributed by atoms with E-state index in [0.717, 1.165) is 33.6 Å². The molecule has 0 bridgehead atoms. The van der Waals surface area contributed by atoms with Crippen molar-refractivity contribution in [2.24, 2.45) is 10.8 Å². The number of benzene rings is 2. The van der Waals surface area contributed by atoms with Crippen molar-refractivity contribution in [3.63, 3.8) is 0 Å². The molecule has 5 heterocycles. The molecule has 3 aliphatic rings. The summed E-state index contributed by atoms with van der Waals surface area (Å²) in [5.74, 6) is -7.40. The Morgan fingerprint density at radius 2 is 1.76 bits per heavy atom. The van der Waals surface area contributed by atoms with Crippen LogP contribution in [0.4, 0.5) is 22.0 Å². The van der Waals surface area contributed by atoms with Gasteiger partial charge in [-0.1, -0.05) is 41.4 Å². The van der Waals surface area contributed by atoms with Crippen LogP contribution in [0.25, 0.3) is 11.0 Å². The number of likely N-dealkylation sites (tertiary alicyclic amines) is 2. The number of carbonyl (C=O) groups excluding carboxylic acids is 2. The number of rotatable bonds is 7. The third-order valence-corrected chi connectivity index (χ3v) is 10.7. The molecule has 1 N–H and O–H groups in total. The fourth-order valence-electron chi connectivity index (χ4n) is 7.08. The highest BCUT2D eigenvalue weighted by Crippen LogP contribution is 2.60. The Kier molecular flexibility index (Phi) is 7.32. The average molecular weight is 736 g/mol. The molecule has 1 aliphatic carbocycles. The van der Waals surface area contributed by atoms with Crippen molar-refractivity contribution < 1.29 is 36.0 Å². The number of amides is 2. The quantitative estimate of drug-likeness (QED) is 0.202. The Morgan fingerprint density at radius 1 is 1.00 bits per heavy atom. The molecule has 0 radical (unpaired) electrons. The van der Waals surface area contributed by atoms with Gasteiger partial charge in [-0.3, -0.25) is 14.3 Å². The van der Waals surface area contributed by atoms with E-state index in [1.54, 1.807) is 17.2 Å². The number of alkyl halides is 5. The Balaban J connectivity index is 1.06. The van der Waals surface area contributed by atoms with Crippen LogP contribution in [0.2, 0.25) is 10.0 Å². The highest BCUT2D eigenvalue weighted by atomic mass is 35.5. The number of nitrogens with zero attached hydrogens (tertiary/aromatic N) is 7. The van der Waals surface area contributed by atoms with E-state index < -0.39 is 52.1 Å². The number of hydrogen-bond donors (Lipinski definition) is 1. The van der Waals surface area contributed by atoms with Gasteiger partial charge in [-0.2, -0.15) is 27.1 Å². The van der Waals surface area contributed by atoms with Crippen molar-refractivity contribution in [2.45, 2.75) is 37.4 Å². The van der Waals surface area contributed by atoms with Gasteiger partial charge < -0.3 is 19.2 Å². The van der Waals surface area contributed by atoms with Gasteiger partial charge in [0.2, 0.25) is 11.8 Å². The number of nitrogens with one attached hydrogen (secondary N) is 1. The number of H-pyrrole nitrogens is 1. The Bertz CT molecular complexity index is 2150. The summed E-state index contributed by atoms with van der Waals surface area (Å²) >= 11 is 11.8. The standard InChI is InChI=1S/C32H25Cl2F5N8O3/c33-21-5-4-19(8-22(21)34)31(35,36)27-44-43-25(50-27)20-12-45(13-29(20)14-46(15-29)28(49)30(6-7-30)32(37,38)39)26(48)18-9-42-47(11-18)10-17-2-1-3-23-24(17)41-16-40-23/h1-5,8-9,11,16,20H,6-7,10,12-15H2,(H,40,41). The van der Waals surface area contributed by atoms with E-state index in [2.05, 4.69) is 25.3 Å². The molecular weight excluding hydrogens is 710 g/mol. The summed E-state index contributed by atoms with van der Waals surface area (Å²) in [6.45, 7) is -0.0866. The maximum atomic E-state index is 15.5. The number of fused-ring (bicyclic) bond motifs is 1. The van der Waals surface area contributed by atoms with Crippen LogP contribution < -0.4 is 0 Å². The van der Waals surface area contributed by atoms with Crippen molar-refractivity contribution in [2.75, 3.05) is 26.2 Å². The van der Waals surface area contributed by atoms with Crippen LogP contribution in [0, 0.1) is 10.8 Å². The van der Waals surface area contributed by atoms with Gasteiger partial charge in [-0.15, -0.1) is 10.2 Å². The van der Waals surface area contributed by atoms with E-state index in [1.165, 1.54) is 17.2 Å². The Labute approximate surface area is 289 Å². The molecule has 1 saturated carbocycles. The lowest BCUT2D eigenvalue weighted by atomic mass is 9.71. The highest BCUT2D eigenvalue weighted by molar-refractivity contribution is 6.42. The Hall–Kier alpha value is -4.57. The predicted octanol–water partition coefficient (Wildman–Crippen LogP) is 6.05. The van der Waals surface area contributed by atoms with Crippen LogP contribution >= 0.6 is 23.2 Å². The zero-order chi connectivity index (χ0) is 35.2. The number of para-hydroxylation sites is 1. The molecule has 18 heteroatoms. The summed E-state index contributed by atoms with van der Waals surface area (Å²) in [7, 11) is 0. The summed E-state index contributed by atoms with van der Waals surface area (Å²) in [6, 6.07) is 8.88. The third kappa shape index (κ3) is 5.13. The van der Waals surface area contributed by atoms with Gasteiger partial charge in [0.1, 0.15) is 5.41 Å². The van der Waals surface area contributed by atoms with Crippen LogP contribution in [0.1, 0.15) is 52.0 Å². The molecule has 5 aromatic rings. The van der Waals surface area contributed by atoms with Crippen molar-refractivity contribution in [3.05, 3.63) is 93.6 Å². The first kappa shape index (κ1) is 32.6. The average Bonchev–Trinajstić information content (AvgIpc) is 3.49. The van der Waals surface area contributed by atoms with Gasteiger partial charge in [0.05, 0.1) is 51.6 Å². The minimum absolute atomic E-state index is 0.00203.